The van der Waals surface area contributed by atoms with Crippen LogP contribution < -0.4 is 5.32 Å². The molecule has 70 heavy (non-hydrogen) atoms. The van der Waals surface area contributed by atoms with Crippen molar-refractivity contribution >= 4 is 11.9 Å². The summed E-state index contributed by atoms with van der Waals surface area (Å²) in [7, 11) is 0. The van der Waals surface area contributed by atoms with Crippen LogP contribution in [0.25, 0.3) is 0 Å². The Morgan fingerprint density at radius 1 is 0.386 bits per heavy atom. The second-order valence-corrected chi connectivity index (χ2v) is 21.7. The average molecular weight is 987 g/mol. The Balaban J connectivity index is 3.40. The van der Waals surface area contributed by atoms with Crippen molar-refractivity contribution < 1.29 is 24.5 Å². The van der Waals surface area contributed by atoms with Gasteiger partial charge in [-0.15, -0.1) is 0 Å². The number of unbranched alkanes of at least 4 members (excludes halogenated alkanes) is 46. The van der Waals surface area contributed by atoms with E-state index in [4.69, 9.17) is 4.74 Å². The molecule has 0 spiro atoms. The highest BCUT2D eigenvalue weighted by Gasteiger charge is 2.18. The Morgan fingerprint density at radius 3 is 1.01 bits per heavy atom. The first-order chi connectivity index (χ1) is 34.5. The summed E-state index contributed by atoms with van der Waals surface area (Å²) >= 11 is 0. The fourth-order valence-corrected chi connectivity index (χ4v) is 9.87. The Hall–Kier alpha value is -1.66. The standard InChI is InChI=1S/C64H123NO5/c1-3-5-7-9-11-13-15-17-32-36-40-44-48-52-56-62(67)61(60-66)65-63(68)57-53-49-45-41-37-33-30-28-26-24-22-20-19-21-23-25-27-29-31-35-39-43-47-51-55-59-70-64(69)58-54-50-46-42-38-34-18-16-14-12-10-8-6-4-2/h20,22,52,56,61-62,66-67H,3-19,21,23-51,53-55,57-60H2,1-2H3,(H,65,68)/b22-20-,56-52+. The molecule has 2 unspecified atom stereocenters. The largest absolute Gasteiger partial charge is 0.466 e. The molecular formula is C64H123NO5. The average Bonchev–Trinajstić information content (AvgIpc) is 3.36. The summed E-state index contributed by atoms with van der Waals surface area (Å²) in [6, 6.07) is -0.629. The minimum absolute atomic E-state index is 0.0156. The SMILES string of the molecule is CCCCCCCCCCCCCC/C=C/C(O)C(CO)NC(=O)CCCCCCCCCCC/C=C\CCCCCCCCCCCCCCOC(=O)CCCCCCCCCCCCCCCC. The topological polar surface area (TPSA) is 95.9 Å². The van der Waals surface area contributed by atoms with Crippen molar-refractivity contribution in [2.75, 3.05) is 13.2 Å². The number of hydrogen-bond acceptors (Lipinski definition) is 5. The number of carbonyl (C=O) groups excluding carboxylic acids is 2. The van der Waals surface area contributed by atoms with E-state index >= 15 is 0 Å². The van der Waals surface area contributed by atoms with Crippen LogP contribution in [0.5, 0.6) is 0 Å². The van der Waals surface area contributed by atoms with Crippen LogP contribution in [0.3, 0.4) is 0 Å². The van der Waals surface area contributed by atoms with E-state index in [1.54, 1.807) is 6.08 Å². The van der Waals surface area contributed by atoms with Gasteiger partial charge in [-0.3, -0.25) is 9.59 Å². The summed E-state index contributed by atoms with van der Waals surface area (Å²) in [5, 5.41) is 23.1. The number of allylic oxidation sites excluding steroid dienone is 3. The lowest BCUT2D eigenvalue weighted by atomic mass is 10.0. The molecule has 0 bridgehead atoms. The number of aliphatic hydroxyl groups is 2. The van der Waals surface area contributed by atoms with E-state index < -0.39 is 12.1 Å². The number of nitrogens with one attached hydrogen (secondary N) is 1. The van der Waals surface area contributed by atoms with E-state index in [0.717, 1.165) is 38.5 Å². The molecule has 0 fully saturated rings. The molecule has 0 saturated carbocycles. The molecule has 0 aromatic heterocycles. The summed E-state index contributed by atoms with van der Waals surface area (Å²) in [6.07, 6.45) is 73.7. The van der Waals surface area contributed by atoms with E-state index in [-0.39, 0.29) is 18.5 Å². The molecule has 414 valence electrons. The molecule has 0 aromatic carbocycles. The minimum Gasteiger partial charge on any atom is -0.466 e. The van der Waals surface area contributed by atoms with Crippen molar-refractivity contribution in [1.82, 2.24) is 5.32 Å². The maximum absolute atomic E-state index is 12.5. The molecule has 6 nitrogen and oxygen atoms in total. The predicted molar refractivity (Wildman–Crippen MR) is 306 cm³/mol. The summed E-state index contributed by atoms with van der Waals surface area (Å²) in [5.74, 6) is -0.0541. The van der Waals surface area contributed by atoms with Gasteiger partial charge in [-0.2, -0.15) is 0 Å². The van der Waals surface area contributed by atoms with Gasteiger partial charge in [-0.1, -0.05) is 301 Å². The van der Waals surface area contributed by atoms with Gasteiger partial charge < -0.3 is 20.3 Å². The molecule has 0 rings (SSSR count). The quantitative estimate of drug-likeness (QED) is 0.0321. The molecule has 1 amide bonds. The lowest BCUT2D eigenvalue weighted by Crippen LogP contribution is -2.45. The lowest BCUT2D eigenvalue weighted by Gasteiger charge is -2.20. The van der Waals surface area contributed by atoms with Crippen molar-refractivity contribution in [3.05, 3.63) is 24.3 Å². The van der Waals surface area contributed by atoms with Crippen LogP contribution in [-0.4, -0.2) is 47.4 Å². The first kappa shape index (κ1) is 68.3. The van der Waals surface area contributed by atoms with Crippen LogP contribution in [0.2, 0.25) is 0 Å². The van der Waals surface area contributed by atoms with Crippen molar-refractivity contribution in [1.29, 1.82) is 0 Å². The van der Waals surface area contributed by atoms with Crippen molar-refractivity contribution in [3.8, 4) is 0 Å². The predicted octanol–water partition coefficient (Wildman–Crippen LogP) is 19.8. The summed E-state index contributed by atoms with van der Waals surface area (Å²) in [4.78, 5) is 24.5. The monoisotopic (exact) mass is 986 g/mol. The first-order valence-corrected chi connectivity index (χ1v) is 31.6. The van der Waals surface area contributed by atoms with E-state index in [1.165, 1.54) is 283 Å². The molecule has 0 aromatic rings. The van der Waals surface area contributed by atoms with Gasteiger partial charge >= 0.3 is 5.97 Å². The Labute approximate surface area is 437 Å². The number of esters is 1. The highest BCUT2D eigenvalue weighted by Crippen LogP contribution is 2.17. The summed E-state index contributed by atoms with van der Waals surface area (Å²) < 4.78 is 5.49. The molecule has 0 aliphatic rings. The molecule has 0 radical (unpaired) electrons. The number of rotatable bonds is 59. The second-order valence-electron chi connectivity index (χ2n) is 21.7. The number of ether oxygens (including phenoxy) is 1. The highest BCUT2D eigenvalue weighted by molar-refractivity contribution is 5.76. The summed E-state index contributed by atoms with van der Waals surface area (Å²) in [5.41, 5.74) is 0. The Kier molecular flexibility index (Phi) is 58.5. The van der Waals surface area contributed by atoms with Crippen LogP contribution in [0.1, 0.15) is 348 Å². The fourth-order valence-electron chi connectivity index (χ4n) is 9.87. The summed E-state index contributed by atoms with van der Waals surface area (Å²) in [6.45, 7) is 4.92. The van der Waals surface area contributed by atoms with Crippen LogP contribution in [0, 0.1) is 0 Å². The zero-order chi connectivity index (χ0) is 50.7. The van der Waals surface area contributed by atoms with Gasteiger partial charge in [0.1, 0.15) is 0 Å². The van der Waals surface area contributed by atoms with Gasteiger partial charge in [0, 0.05) is 12.8 Å². The van der Waals surface area contributed by atoms with Gasteiger partial charge in [-0.05, 0) is 57.8 Å². The van der Waals surface area contributed by atoms with Crippen LogP contribution >= 0.6 is 0 Å². The molecule has 0 aliphatic carbocycles. The maximum Gasteiger partial charge on any atom is 0.305 e. The molecule has 2 atom stereocenters. The number of hydrogen-bond donors (Lipinski definition) is 3. The van der Waals surface area contributed by atoms with Crippen molar-refractivity contribution in [2.45, 2.75) is 360 Å². The molecule has 0 aliphatic heterocycles. The molecule has 6 heteroatoms. The molecule has 3 N–H and O–H groups in total. The van der Waals surface area contributed by atoms with Gasteiger partial charge in [0.25, 0.3) is 0 Å². The van der Waals surface area contributed by atoms with E-state index in [0.29, 0.717) is 19.4 Å². The number of carbonyl (C=O) groups is 2. The van der Waals surface area contributed by atoms with E-state index in [2.05, 4.69) is 31.3 Å². The number of amides is 1. The fraction of sp³-hybridized carbons (Fsp3) is 0.906. The minimum atomic E-state index is -0.845. The van der Waals surface area contributed by atoms with Crippen molar-refractivity contribution in [2.24, 2.45) is 0 Å². The van der Waals surface area contributed by atoms with Gasteiger partial charge in [0.15, 0.2) is 0 Å². The second kappa shape index (κ2) is 59.9. The van der Waals surface area contributed by atoms with Crippen molar-refractivity contribution in [3.63, 3.8) is 0 Å². The molecule has 0 saturated heterocycles. The van der Waals surface area contributed by atoms with Gasteiger partial charge in [0.05, 0.1) is 25.4 Å². The van der Waals surface area contributed by atoms with E-state index in [1.807, 2.05) is 6.08 Å². The zero-order valence-electron chi connectivity index (χ0n) is 47.3. The van der Waals surface area contributed by atoms with Gasteiger partial charge in [0.2, 0.25) is 5.91 Å². The third-order valence-electron chi connectivity index (χ3n) is 14.7. The van der Waals surface area contributed by atoms with Crippen LogP contribution in [0.4, 0.5) is 0 Å². The first-order valence-electron chi connectivity index (χ1n) is 31.6. The third-order valence-corrected chi connectivity index (χ3v) is 14.7. The highest BCUT2D eigenvalue weighted by atomic mass is 16.5. The zero-order valence-corrected chi connectivity index (χ0v) is 47.3. The Bertz CT molecular complexity index is 1090. The van der Waals surface area contributed by atoms with E-state index in [9.17, 15) is 19.8 Å². The van der Waals surface area contributed by atoms with Crippen LogP contribution in [0.15, 0.2) is 24.3 Å². The molecular weight excluding hydrogens is 863 g/mol. The number of aliphatic hydroxyl groups excluding tert-OH is 2. The van der Waals surface area contributed by atoms with Gasteiger partial charge in [-0.25, -0.2) is 0 Å². The normalized spacial score (nSPS) is 12.7. The lowest BCUT2D eigenvalue weighted by molar-refractivity contribution is -0.143. The third kappa shape index (κ3) is 55.7. The maximum atomic E-state index is 12.5. The molecule has 0 heterocycles. The Morgan fingerprint density at radius 2 is 0.671 bits per heavy atom. The van der Waals surface area contributed by atoms with Crippen LogP contribution in [-0.2, 0) is 14.3 Å². The smallest absolute Gasteiger partial charge is 0.305 e.